The number of rotatable bonds is 7. The molecule has 152 valence electrons. The van der Waals surface area contributed by atoms with Crippen LogP contribution in [0.5, 0.6) is 5.75 Å². The van der Waals surface area contributed by atoms with Gasteiger partial charge in [-0.2, -0.15) is 4.98 Å². The van der Waals surface area contributed by atoms with Gasteiger partial charge in [-0.1, -0.05) is 11.2 Å². The lowest BCUT2D eigenvalue weighted by atomic mass is 10.2. The van der Waals surface area contributed by atoms with Gasteiger partial charge in [-0.15, -0.1) is 11.3 Å². The molecule has 1 atom stereocenters. The molecule has 2 aromatic carbocycles. The van der Waals surface area contributed by atoms with Gasteiger partial charge in [-0.3, -0.25) is 4.79 Å². The molecule has 2 heterocycles. The third-order valence-corrected chi connectivity index (χ3v) is 4.86. The molecule has 0 saturated heterocycles. The van der Waals surface area contributed by atoms with Gasteiger partial charge in [0.25, 0.3) is 5.91 Å². The molecule has 7 nitrogen and oxygen atoms in total. The number of thiazole rings is 1. The van der Waals surface area contributed by atoms with Crippen LogP contribution < -0.4 is 10.1 Å². The van der Waals surface area contributed by atoms with Crippen molar-refractivity contribution in [2.75, 3.05) is 0 Å². The molecule has 0 spiro atoms. The number of nitrogens with one attached hydrogen (secondary N) is 1. The fourth-order valence-corrected chi connectivity index (χ4v) is 3.21. The summed E-state index contributed by atoms with van der Waals surface area (Å²) in [6.07, 6.45) is 0. The summed E-state index contributed by atoms with van der Waals surface area (Å²) in [6.45, 7) is 2.07. The lowest BCUT2D eigenvalue weighted by Gasteiger charge is -2.11. The number of hydrogen-bond donors (Lipinski definition) is 1. The van der Waals surface area contributed by atoms with Crippen LogP contribution in [0, 0.1) is 5.82 Å². The Morgan fingerprint density at radius 1 is 1.27 bits per heavy atom. The molecule has 1 amide bonds. The highest BCUT2D eigenvalue weighted by atomic mass is 32.1. The minimum absolute atomic E-state index is 0.249. The number of benzene rings is 2. The zero-order valence-corrected chi connectivity index (χ0v) is 16.7. The summed E-state index contributed by atoms with van der Waals surface area (Å²) < 4.78 is 24.0. The van der Waals surface area contributed by atoms with Gasteiger partial charge in [0, 0.05) is 16.5 Å². The van der Waals surface area contributed by atoms with E-state index < -0.39 is 6.04 Å². The summed E-state index contributed by atoms with van der Waals surface area (Å²) >= 11 is 1.50. The first-order chi connectivity index (χ1) is 14.6. The predicted octanol–water partition coefficient (Wildman–Crippen LogP) is 4.40. The molecule has 4 aromatic rings. The molecule has 0 saturated carbocycles. The van der Waals surface area contributed by atoms with Crippen LogP contribution >= 0.6 is 11.3 Å². The Balaban J connectivity index is 1.40. The Morgan fingerprint density at radius 3 is 2.87 bits per heavy atom. The highest BCUT2D eigenvalue weighted by molar-refractivity contribution is 7.07. The number of amides is 1. The molecular formula is C21H17FN4O3S. The van der Waals surface area contributed by atoms with Crippen LogP contribution in [-0.4, -0.2) is 21.0 Å². The van der Waals surface area contributed by atoms with E-state index in [1.54, 1.807) is 48.8 Å². The minimum atomic E-state index is -0.515. The maximum Gasteiger partial charge on any atom is 0.252 e. The monoisotopic (exact) mass is 424 g/mol. The maximum atomic E-state index is 13.1. The average molecular weight is 424 g/mol. The number of hydrogen-bond acceptors (Lipinski definition) is 7. The van der Waals surface area contributed by atoms with Crippen molar-refractivity contribution >= 4 is 17.2 Å². The molecule has 30 heavy (non-hydrogen) atoms. The van der Waals surface area contributed by atoms with E-state index >= 15 is 0 Å². The van der Waals surface area contributed by atoms with Crippen molar-refractivity contribution in [2.45, 2.75) is 19.6 Å². The van der Waals surface area contributed by atoms with Crippen molar-refractivity contribution in [3.05, 3.63) is 82.4 Å². The molecule has 0 aliphatic heterocycles. The van der Waals surface area contributed by atoms with Crippen molar-refractivity contribution in [3.8, 4) is 17.1 Å². The Bertz CT molecular complexity index is 1130. The van der Waals surface area contributed by atoms with Crippen molar-refractivity contribution in [3.63, 3.8) is 0 Å². The number of halogens is 1. The van der Waals surface area contributed by atoms with Crippen molar-refractivity contribution in [2.24, 2.45) is 0 Å². The summed E-state index contributed by atoms with van der Waals surface area (Å²) in [5.74, 6) is 0.492. The van der Waals surface area contributed by atoms with Gasteiger partial charge >= 0.3 is 0 Å². The van der Waals surface area contributed by atoms with Crippen LogP contribution in [-0.2, 0) is 6.61 Å². The molecule has 9 heteroatoms. The highest BCUT2D eigenvalue weighted by Gasteiger charge is 2.18. The Kier molecular flexibility index (Phi) is 5.80. The van der Waals surface area contributed by atoms with Crippen LogP contribution in [0.4, 0.5) is 4.39 Å². The zero-order valence-electron chi connectivity index (χ0n) is 15.9. The van der Waals surface area contributed by atoms with Crippen molar-refractivity contribution < 1.29 is 18.4 Å². The SMILES string of the molecule is CC(NC(=O)c1cccc(OCc2cscn2)c1)c1nc(-c2ccc(F)cc2)no1. The molecule has 0 fully saturated rings. The smallest absolute Gasteiger partial charge is 0.252 e. The van der Waals surface area contributed by atoms with Gasteiger partial charge in [0.15, 0.2) is 0 Å². The number of carbonyl (C=O) groups excluding carboxylic acids is 1. The van der Waals surface area contributed by atoms with Gasteiger partial charge < -0.3 is 14.6 Å². The second kappa shape index (κ2) is 8.83. The summed E-state index contributed by atoms with van der Waals surface area (Å²) in [5.41, 5.74) is 3.63. The third kappa shape index (κ3) is 4.69. The van der Waals surface area contributed by atoms with Gasteiger partial charge in [0.05, 0.1) is 11.2 Å². The van der Waals surface area contributed by atoms with Gasteiger partial charge in [0.2, 0.25) is 11.7 Å². The fraction of sp³-hybridized carbons (Fsp3) is 0.143. The van der Waals surface area contributed by atoms with Crippen LogP contribution in [0.15, 0.2) is 63.9 Å². The van der Waals surface area contributed by atoms with Crippen molar-refractivity contribution in [1.82, 2.24) is 20.4 Å². The van der Waals surface area contributed by atoms with Crippen LogP contribution in [0.2, 0.25) is 0 Å². The molecule has 2 aromatic heterocycles. The second-order valence-electron chi connectivity index (χ2n) is 6.45. The van der Waals surface area contributed by atoms with Crippen LogP contribution in [0.25, 0.3) is 11.4 Å². The van der Waals surface area contributed by atoms with E-state index in [2.05, 4.69) is 20.4 Å². The van der Waals surface area contributed by atoms with E-state index in [1.165, 1.54) is 23.5 Å². The first-order valence-corrected chi connectivity index (χ1v) is 10.0. The average Bonchev–Trinajstić information content (AvgIpc) is 3.45. The Labute approximate surface area is 175 Å². The van der Waals surface area contributed by atoms with Gasteiger partial charge in [0.1, 0.15) is 24.2 Å². The first-order valence-electron chi connectivity index (χ1n) is 9.09. The van der Waals surface area contributed by atoms with E-state index in [0.717, 1.165) is 5.69 Å². The first kappa shape index (κ1) is 19.7. The highest BCUT2D eigenvalue weighted by Crippen LogP contribution is 2.20. The van der Waals surface area contributed by atoms with Gasteiger partial charge in [-0.05, 0) is 49.4 Å². The van der Waals surface area contributed by atoms with E-state index in [9.17, 15) is 9.18 Å². The predicted molar refractivity (Wildman–Crippen MR) is 108 cm³/mol. The topological polar surface area (TPSA) is 90.1 Å². The van der Waals surface area contributed by atoms with Crippen LogP contribution in [0.3, 0.4) is 0 Å². The van der Waals surface area contributed by atoms with Crippen molar-refractivity contribution in [1.29, 1.82) is 0 Å². The number of carbonyl (C=O) groups is 1. The molecule has 0 aliphatic carbocycles. The van der Waals surface area contributed by atoms with E-state index in [0.29, 0.717) is 29.3 Å². The lowest BCUT2D eigenvalue weighted by molar-refractivity contribution is 0.0932. The maximum absolute atomic E-state index is 13.1. The molecule has 4 rings (SSSR count). The summed E-state index contributed by atoms with van der Waals surface area (Å²) in [7, 11) is 0. The quantitative estimate of drug-likeness (QED) is 0.473. The zero-order chi connectivity index (χ0) is 20.9. The molecule has 0 aliphatic rings. The number of ether oxygens (including phenoxy) is 1. The molecule has 0 radical (unpaired) electrons. The summed E-state index contributed by atoms with van der Waals surface area (Å²) in [5, 5.41) is 8.62. The normalized spacial score (nSPS) is 11.8. The van der Waals surface area contributed by atoms with E-state index in [4.69, 9.17) is 9.26 Å². The Hall–Kier alpha value is -3.59. The van der Waals surface area contributed by atoms with Crippen LogP contribution in [0.1, 0.15) is 34.9 Å². The Morgan fingerprint density at radius 2 is 2.10 bits per heavy atom. The summed E-state index contributed by atoms with van der Waals surface area (Å²) in [4.78, 5) is 21.1. The van der Waals surface area contributed by atoms with Gasteiger partial charge in [-0.25, -0.2) is 9.37 Å². The third-order valence-electron chi connectivity index (χ3n) is 4.23. The lowest BCUT2D eigenvalue weighted by Crippen LogP contribution is -2.26. The molecule has 1 N–H and O–H groups in total. The standard InChI is InChI=1S/C21H17FN4O3S/c1-13(21-25-19(26-29-21)14-5-7-16(22)8-6-14)24-20(27)15-3-2-4-18(9-15)28-10-17-11-30-12-23-17/h2-9,11-13H,10H2,1H3,(H,24,27). The van der Waals surface area contributed by atoms with E-state index in [-0.39, 0.29) is 17.6 Å². The number of nitrogens with zero attached hydrogens (tertiary/aromatic N) is 3. The second-order valence-corrected chi connectivity index (χ2v) is 7.17. The molecule has 1 unspecified atom stereocenters. The fourth-order valence-electron chi connectivity index (χ4n) is 2.66. The molecular weight excluding hydrogens is 407 g/mol. The molecule has 0 bridgehead atoms. The summed E-state index contributed by atoms with van der Waals surface area (Å²) in [6, 6.07) is 12.1. The number of aromatic nitrogens is 3. The largest absolute Gasteiger partial charge is 0.487 e. The minimum Gasteiger partial charge on any atom is -0.487 e. The van der Waals surface area contributed by atoms with E-state index in [1.807, 2.05) is 5.38 Å².